The largest absolute Gasteiger partial charge is 0.465 e. The number of fused-ring (bicyclic) bond motifs is 1. The summed E-state index contributed by atoms with van der Waals surface area (Å²) in [6.07, 6.45) is 7.53. The van der Waals surface area contributed by atoms with Gasteiger partial charge in [-0.15, -0.1) is 0 Å². The number of ether oxygens (including phenoxy) is 1. The Morgan fingerprint density at radius 3 is 2.12 bits per heavy atom. The molecule has 0 saturated carbocycles. The van der Waals surface area contributed by atoms with Crippen LogP contribution >= 0.6 is 0 Å². The Labute approximate surface area is 231 Å². The van der Waals surface area contributed by atoms with Crippen LogP contribution in [0.3, 0.4) is 0 Å². The molecule has 1 aromatic carbocycles. The first kappa shape index (κ1) is 25.2. The maximum Gasteiger partial charge on any atom is 0.337 e. The molecule has 0 aliphatic rings. The van der Waals surface area contributed by atoms with Gasteiger partial charge in [0.2, 0.25) is 0 Å². The lowest BCUT2D eigenvalue weighted by molar-refractivity contribution is 0.0600. The van der Waals surface area contributed by atoms with E-state index in [0.29, 0.717) is 5.56 Å². The molecule has 5 aromatic heterocycles. The van der Waals surface area contributed by atoms with Crippen molar-refractivity contribution in [1.82, 2.24) is 24.7 Å². The number of aromatic nitrogens is 5. The molecule has 0 aliphatic carbocycles. The van der Waals surface area contributed by atoms with Gasteiger partial charge >= 0.3 is 5.97 Å². The Hall–Kier alpha value is -5.11. The highest BCUT2D eigenvalue weighted by molar-refractivity contribution is 5.96. The van der Waals surface area contributed by atoms with Gasteiger partial charge in [-0.05, 0) is 68.8 Å². The van der Waals surface area contributed by atoms with Crippen molar-refractivity contribution in [3.8, 4) is 22.3 Å². The third-order valence-electron chi connectivity index (χ3n) is 7.39. The summed E-state index contributed by atoms with van der Waals surface area (Å²) in [7, 11) is 1.38. The maximum atomic E-state index is 12.1. The zero-order chi connectivity index (χ0) is 27.9. The number of hydrogen-bond acceptors (Lipinski definition) is 7. The van der Waals surface area contributed by atoms with Gasteiger partial charge in [0.25, 0.3) is 0 Å². The molecule has 0 amide bonds. The molecule has 0 atom stereocenters. The first-order valence-corrected chi connectivity index (χ1v) is 12.9. The van der Waals surface area contributed by atoms with E-state index in [1.807, 2.05) is 68.6 Å². The molecular formula is C32H27N5O3. The van der Waals surface area contributed by atoms with Crippen molar-refractivity contribution < 1.29 is 14.1 Å². The molecule has 8 nitrogen and oxygen atoms in total. The lowest BCUT2D eigenvalue weighted by atomic mass is 9.91. The normalized spacial score (nSPS) is 11.6. The zero-order valence-electron chi connectivity index (χ0n) is 22.6. The summed E-state index contributed by atoms with van der Waals surface area (Å²) in [6.45, 7) is 5.94. The average Bonchev–Trinajstić information content (AvgIpc) is 3.56. The van der Waals surface area contributed by atoms with E-state index < -0.39 is 5.54 Å². The number of hydrogen-bond donors (Lipinski definition) is 0. The number of pyridine rings is 3. The van der Waals surface area contributed by atoms with E-state index in [1.165, 1.54) is 7.11 Å². The number of esters is 1. The fourth-order valence-corrected chi connectivity index (χ4v) is 5.30. The molecule has 0 N–H and O–H groups in total. The third-order valence-corrected chi connectivity index (χ3v) is 7.39. The molecule has 6 rings (SSSR count). The molecule has 0 radical (unpaired) electrons. The minimum atomic E-state index is -0.774. The second-order valence-corrected chi connectivity index (χ2v) is 9.77. The Bertz CT molecular complexity index is 1770. The molecule has 0 spiro atoms. The van der Waals surface area contributed by atoms with Crippen molar-refractivity contribution in [3.63, 3.8) is 0 Å². The summed E-state index contributed by atoms with van der Waals surface area (Å²) < 4.78 is 12.5. The predicted octanol–water partition coefficient (Wildman–Crippen LogP) is 6.36. The predicted molar refractivity (Wildman–Crippen MR) is 152 cm³/mol. The number of aryl methyl sites for hydroxylation is 2. The lowest BCUT2D eigenvalue weighted by Gasteiger charge is -2.31. The summed E-state index contributed by atoms with van der Waals surface area (Å²) in [5, 5.41) is 4.15. The molecule has 0 saturated heterocycles. The number of rotatable bonds is 6. The van der Waals surface area contributed by atoms with Crippen LogP contribution in [0.5, 0.6) is 0 Å². The van der Waals surface area contributed by atoms with Crippen LogP contribution in [0.25, 0.3) is 33.3 Å². The third kappa shape index (κ3) is 4.05. The van der Waals surface area contributed by atoms with Crippen LogP contribution in [0, 0.1) is 13.8 Å². The van der Waals surface area contributed by atoms with Crippen LogP contribution in [0.1, 0.15) is 40.1 Å². The van der Waals surface area contributed by atoms with Crippen molar-refractivity contribution in [2.24, 2.45) is 0 Å². The summed E-state index contributed by atoms with van der Waals surface area (Å²) in [5.74, 6) is 0.349. The smallest absolute Gasteiger partial charge is 0.337 e. The first-order valence-electron chi connectivity index (χ1n) is 12.9. The van der Waals surface area contributed by atoms with Crippen LogP contribution in [0.4, 0.5) is 0 Å². The van der Waals surface area contributed by atoms with Gasteiger partial charge in [-0.25, -0.2) is 4.79 Å². The van der Waals surface area contributed by atoms with Crippen molar-refractivity contribution in [2.45, 2.75) is 26.3 Å². The topological polar surface area (TPSA) is 95.9 Å². The second-order valence-electron chi connectivity index (χ2n) is 9.77. The van der Waals surface area contributed by atoms with Crippen molar-refractivity contribution in [3.05, 3.63) is 120 Å². The molecule has 5 heterocycles. The van der Waals surface area contributed by atoms with Gasteiger partial charge in [0.05, 0.1) is 40.8 Å². The van der Waals surface area contributed by atoms with Crippen LogP contribution in [-0.2, 0) is 10.3 Å². The van der Waals surface area contributed by atoms with E-state index in [1.54, 1.807) is 24.5 Å². The SMILES string of the molecule is COC(=O)c1ccc(-c2cn(C(C)(c3ccccn3)c3ccccn3)c3cc(-c4c(C)noc4C)cnc23)cc1. The molecule has 198 valence electrons. The highest BCUT2D eigenvalue weighted by atomic mass is 16.5. The Kier molecular flexibility index (Phi) is 6.23. The van der Waals surface area contributed by atoms with E-state index in [-0.39, 0.29) is 5.97 Å². The maximum absolute atomic E-state index is 12.1. The van der Waals surface area contributed by atoms with Gasteiger partial charge in [-0.3, -0.25) is 15.0 Å². The fraction of sp³-hybridized carbons (Fsp3) is 0.156. The summed E-state index contributed by atoms with van der Waals surface area (Å²) in [4.78, 5) is 26.6. The minimum absolute atomic E-state index is 0.380. The molecule has 0 unspecified atom stereocenters. The minimum Gasteiger partial charge on any atom is -0.465 e. The molecular weight excluding hydrogens is 502 g/mol. The highest BCUT2D eigenvalue weighted by Gasteiger charge is 2.36. The first-order chi connectivity index (χ1) is 19.4. The van der Waals surface area contributed by atoms with Crippen LogP contribution in [0.2, 0.25) is 0 Å². The van der Waals surface area contributed by atoms with Crippen molar-refractivity contribution in [2.75, 3.05) is 7.11 Å². The van der Waals surface area contributed by atoms with E-state index in [2.05, 4.69) is 28.9 Å². The van der Waals surface area contributed by atoms with Gasteiger partial charge in [-0.1, -0.05) is 29.4 Å². The van der Waals surface area contributed by atoms with E-state index in [0.717, 1.165) is 56.1 Å². The van der Waals surface area contributed by atoms with Gasteiger partial charge in [0.1, 0.15) is 11.3 Å². The summed E-state index contributed by atoms with van der Waals surface area (Å²) >= 11 is 0. The van der Waals surface area contributed by atoms with Gasteiger partial charge in [-0.2, -0.15) is 0 Å². The number of nitrogens with zero attached hydrogens (tertiary/aromatic N) is 5. The van der Waals surface area contributed by atoms with Crippen LogP contribution in [-0.4, -0.2) is 37.8 Å². The standard InChI is InChI=1S/C32H27N5O3/c1-20-29(21(2)40-36-20)24-17-26-30(35-18-24)25(22-11-13-23(14-12-22)31(38)39-4)19-37(26)32(3,27-9-5-7-15-33-27)28-10-6-8-16-34-28/h5-19H,1-4H3. The number of methoxy groups -OCH3 is 1. The molecule has 0 bridgehead atoms. The average molecular weight is 530 g/mol. The quantitative estimate of drug-likeness (QED) is 0.232. The van der Waals surface area contributed by atoms with Gasteiger partial charge in [0.15, 0.2) is 0 Å². The number of carbonyl (C=O) groups excluding carboxylic acids is 1. The Balaban J connectivity index is 1.66. The van der Waals surface area contributed by atoms with Crippen LogP contribution in [0.15, 0.2) is 96.0 Å². The van der Waals surface area contributed by atoms with Crippen LogP contribution < -0.4 is 0 Å². The number of carbonyl (C=O) groups is 1. The lowest BCUT2D eigenvalue weighted by Crippen LogP contribution is -2.34. The summed E-state index contributed by atoms with van der Waals surface area (Å²) in [6, 6.07) is 21.3. The van der Waals surface area contributed by atoms with Crippen molar-refractivity contribution >= 4 is 17.0 Å². The highest BCUT2D eigenvalue weighted by Crippen LogP contribution is 2.40. The van der Waals surface area contributed by atoms with E-state index in [9.17, 15) is 4.79 Å². The summed E-state index contributed by atoms with van der Waals surface area (Å²) in [5.41, 5.74) is 7.52. The van der Waals surface area contributed by atoms with Gasteiger partial charge in [0, 0.05) is 41.5 Å². The molecule has 0 aliphatic heterocycles. The van der Waals surface area contributed by atoms with Crippen molar-refractivity contribution in [1.29, 1.82) is 0 Å². The zero-order valence-corrected chi connectivity index (χ0v) is 22.6. The Morgan fingerprint density at radius 2 is 1.57 bits per heavy atom. The molecule has 6 aromatic rings. The molecule has 8 heteroatoms. The molecule has 0 fully saturated rings. The Morgan fingerprint density at radius 1 is 0.900 bits per heavy atom. The van der Waals surface area contributed by atoms with E-state index >= 15 is 0 Å². The number of benzene rings is 1. The van der Waals surface area contributed by atoms with Gasteiger partial charge < -0.3 is 13.8 Å². The fourth-order valence-electron chi connectivity index (χ4n) is 5.30. The molecule has 40 heavy (non-hydrogen) atoms. The monoisotopic (exact) mass is 529 g/mol. The van der Waals surface area contributed by atoms with E-state index in [4.69, 9.17) is 24.2 Å². The second kappa shape index (κ2) is 9.89.